The molecule has 2 unspecified atom stereocenters. The Hall–Kier alpha value is -0.570. The predicted molar refractivity (Wildman–Crippen MR) is 70.1 cm³/mol. The van der Waals surface area contributed by atoms with E-state index in [9.17, 15) is 4.79 Å². The van der Waals surface area contributed by atoms with Gasteiger partial charge in [-0.2, -0.15) is 0 Å². The zero-order chi connectivity index (χ0) is 12.8. The molecule has 1 fully saturated rings. The SMILES string of the molecule is CC(C)CCC(C)N1CCC(CCC(=O)O)C1. The molecule has 1 N–H and O–H groups in total. The van der Waals surface area contributed by atoms with E-state index in [1.54, 1.807) is 0 Å². The summed E-state index contributed by atoms with van der Waals surface area (Å²) in [6.07, 6.45) is 4.92. The molecule has 100 valence electrons. The number of carboxylic acids is 1. The van der Waals surface area contributed by atoms with Crippen LogP contribution in [0.4, 0.5) is 0 Å². The summed E-state index contributed by atoms with van der Waals surface area (Å²) >= 11 is 0. The monoisotopic (exact) mass is 241 g/mol. The Bertz CT molecular complexity index is 240. The van der Waals surface area contributed by atoms with Gasteiger partial charge in [-0.1, -0.05) is 13.8 Å². The molecule has 3 nitrogen and oxygen atoms in total. The lowest BCUT2D eigenvalue weighted by Gasteiger charge is -2.25. The second-order valence-corrected chi connectivity index (χ2v) is 5.90. The molecule has 3 heteroatoms. The maximum Gasteiger partial charge on any atom is 0.303 e. The number of nitrogens with zero attached hydrogens (tertiary/aromatic N) is 1. The Morgan fingerprint density at radius 2 is 2.06 bits per heavy atom. The zero-order valence-corrected chi connectivity index (χ0v) is 11.5. The summed E-state index contributed by atoms with van der Waals surface area (Å²) in [5, 5.41) is 8.68. The number of hydrogen-bond donors (Lipinski definition) is 1. The lowest BCUT2D eigenvalue weighted by Crippen LogP contribution is -2.31. The number of likely N-dealkylation sites (tertiary alicyclic amines) is 1. The second kappa shape index (κ2) is 7.00. The summed E-state index contributed by atoms with van der Waals surface area (Å²) in [6, 6.07) is 0.659. The summed E-state index contributed by atoms with van der Waals surface area (Å²) in [5.41, 5.74) is 0. The van der Waals surface area contributed by atoms with Crippen LogP contribution < -0.4 is 0 Å². The molecule has 17 heavy (non-hydrogen) atoms. The van der Waals surface area contributed by atoms with E-state index < -0.39 is 5.97 Å². The van der Waals surface area contributed by atoms with Gasteiger partial charge < -0.3 is 10.0 Å². The summed E-state index contributed by atoms with van der Waals surface area (Å²) in [7, 11) is 0. The second-order valence-electron chi connectivity index (χ2n) is 5.90. The average molecular weight is 241 g/mol. The van der Waals surface area contributed by atoms with E-state index in [0.717, 1.165) is 25.4 Å². The minimum atomic E-state index is -0.656. The first-order chi connectivity index (χ1) is 7.99. The fourth-order valence-electron chi connectivity index (χ4n) is 2.58. The van der Waals surface area contributed by atoms with Gasteiger partial charge in [0.25, 0.3) is 0 Å². The molecule has 2 atom stereocenters. The van der Waals surface area contributed by atoms with Gasteiger partial charge in [0, 0.05) is 19.0 Å². The molecule has 1 aliphatic rings. The highest BCUT2D eigenvalue weighted by atomic mass is 16.4. The highest BCUT2D eigenvalue weighted by Gasteiger charge is 2.25. The molecule has 1 saturated heterocycles. The number of rotatable bonds is 7. The Morgan fingerprint density at radius 1 is 1.35 bits per heavy atom. The smallest absolute Gasteiger partial charge is 0.303 e. The van der Waals surface area contributed by atoms with Crippen molar-refractivity contribution in [1.29, 1.82) is 0 Å². The van der Waals surface area contributed by atoms with Gasteiger partial charge >= 0.3 is 5.97 Å². The minimum absolute atomic E-state index is 0.332. The fourth-order valence-corrected chi connectivity index (χ4v) is 2.58. The first kappa shape index (κ1) is 14.5. The van der Waals surface area contributed by atoms with Gasteiger partial charge in [0.05, 0.1) is 0 Å². The Morgan fingerprint density at radius 3 is 2.65 bits per heavy atom. The minimum Gasteiger partial charge on any atom is -0.481 e. The number of hydrogen-bond acceptors (Lipinski definition) is 2. The molecule has 0 amide bonds. The molecular formula is C14H27NO2. The van der Waals surface area contributed by atoms with Gasteiger partial charge in [-0.3, -0.25) is 4.79 Å². The van der Waals surface area contributed by atoms with Crippen molar-refractivity contribution in [2.24, 2.45) is 11.8 Å². The molecule has 0 aliphatic carbocycles. The summed E-state index contributed by atoms with van der Waals surface area (Å²) in [5.74, 6) is 0.728. The van der Waals surface area contributed by atoms with E-state index in [0.29, 0.717) is 18.4 Å². The van der Waals surface area contributed by atoms with Gasteiger partial charge in [-0.15, -0.1) is 0 Å². The van der Waals surface area contributed by atoms with E-state index in [1.807, 2.05) is 0 Å². The molecule has 1 rings (SSSR count). The van der Waals surface area contributed by atoms with Gasteiger partial charge in [0.1, 0.15) is 0 Å². The third-order valence-electron chi connectivity index (χ3n) is 3.87. The first-order valence-corrected chi connectivity index (χ1v) is 6.95. The van der Waals surface area contributed by atoms with Gasteiger partial charge in [0.2, 0.25) is 0 Å². The van der Waals surface area contributed by atoms with Crippen molar-refractivity contribution in [3.63, 3.8) is 0 Å². The van der Waals surface area contributed by atoms with Crippen LogP contribution in [-0.2, 0) is 4.79 Å². The molecule has 0 spiro atoms. The van der Waals surface area contributed by atoms with Gasteiger partial charge in [-0.25, -0.2) is 0 Å². The quantitative estimate of drug-likeness (QED) is 0.745. The molecule has 0 aromatic carbocycles. The maximum atomic E-state index is 10.5. The Kier molecular flexibility index (Phi) is 5.96. The van der Waals surface area contributed by atoms with Gasteiger partial charge in [-0.05, 0) is 51.0 Å². The normalized spacial score (nSPS) is 23.2. The van der Waals surface area contributed by atoms with Crippen molar-refractivity contribution in [1.82, 2.24) is 4.90 Å². The molecular weight excluding hydrogens is 214 g/mol. The van der Waals surface area contributed by atoms with E-state index >= 15 is 0 Å². The maximum absolute atomic E-state index is 10.5. The third-order valence-corrected chi connectivity index (χ3v) is 3.87. The van der Waals surface area contributed by atoms with Crippen LogP contribution in [0.3, 0.4) is 0 Å². The number of carbonyl (C=O) groups is 1. The molecule has 0 bridgehead atoms. The van der Waals surface area contributed by atoms with Crippen molar-refractivity contribution in [3.05, 3.63) is 0 Å². The predicted octanol–water partition coefficient (Wildman–Crippen LogP) is 3.00. The first-order valence-electron chi connectivity index (χ1n) is 6.95. The largest absolute Gasteiger partial charge is 0.481 e. The highest BCUT2D eigenvalue weighted by molar-refractivity contribution is 5.66. The molecule has 0 radical (unpaired) electrons. The zero-order valence-electron chi connectivity index (χ0n) is 11.5. The van der Waals surface area contributed by atoms with Crippen molar-refractivity contribution >= 4 is 5.97 Å². The van der Waals surface area contributed by atoms with E-state index in [2.05, 4.69) is 25.7 Å². The van der Waals surface area contributed by atoms with Crippen molar-refractivity contribution in [3.8, 4) is 0 Å². The molecule has 1 heterocycles. The fraction of sp³-hybridized carbons (Fsp3) is 0.929. The Labute approximate surface area is 105 Å². The van der Waals surface area contributed by atoms with Crippen molar-refractivity contribution in [2.45, 2.75) is 58.9 Å². The van der Waals surface area contributed by atoms with Crippen LogP contribution >= 0.6 is 0 Å². The number of aliphatic carboxylic acids is 1. The topological polar surface area (TPSA) is 40.5 Å². The van der Waals surface area contributed by atoms with Crippen molar-refractivity contribution in [2.75, 3.05) is 13.1 Å². The molecule has 1 aliphatic heterocycles. The summed E-state index contributed by atoms with van der Waals surface area (Å²) in [4.78, 5) is 13.1. The summed E-state index contributed by atoms with van der Waals surface area (Å²) in [6.45, 7) is 9.11. The lowest BCUT2D eigenvalue weighted by atomic mass is 10.0. The summed E-state index contributed by atoms with van der Waals surface area (Å²) < 4.78 is 0. The van der Waals surface area contributed by atoms with Crippen LogP contribution in [0.1, 0.15) is 52.9 Å². The van der Waals surface area contributed by atoms with E-state index in [4.69, 9.17) is 5.11 Å². The molecule has 0 aromatic heterocycles. The van der Waals surface area contributed by atoms with Gasteiger partial charge in [0.15, 0.2) is 0 Å². The number of carboxylic acid groups (broad SMARTS) is 1. The van der Waals surface area contributed by atoms with Crippen LogP contribution in [0.25, 0.3) is 0 Å². The van der Waals surface area contributed by atoms with Crippen LogP contribution in [0.5, 0.6) is 0 Å². The van der Waals surface area contributed by atoms with Crippen LogP contribution in [0.15, 0.2) is 0 Å². The molecule has 0 saturated carbocycles. The average Bonchev–Trinajstić information content (AvgIpc) is 2.71. The highest BCUT2D eigenvalue weighted by Crippen LogP contribution is 2.24. The third kappa shape index (κ3) is 5.53. The standard InChI is InChI=1S/C14H27NO2/c1-11(2)4-5-12(3)15-9-8-13(10-15)6-7-14(16)17/h11-13H,4-10H2,1-3H3,(H,16,17). The lowest BCUT2D eigenvalue weighted by molar-refractivity contribution is -0.137. The van der Waals surface area contributed by atoms with Crippen LogP contribution in [-0.4, -0.2) is 35.1 Å². The van der Waals surface area contributed by atoms with E-state index in [-0.39, 0.29) is 0 Å². The van der Waals surface area contributed by atoms with Crippen LogP contribution in [0, 0.1) is 11.8 Å². The van der Waals surface area contributed by atoms with E-state index in [1.165, 1.54) is 19.3 Å². The Balaban J connectivity index is 2.22. The van der Waals surface area contributed by atoms with Crippen molar-refractivity contribution < 1.29 is 9.90 Å². The molecule has 0 aromatic rings. The van der Waals surface area contributed by atoms with Crippen LogP contribution in [0.2, 0.25) is 0 Å².